The summed E-state index contributed by atoms with van der Waals surface area (Å²) in [6.07, 6.45) is 0.991. The Morgan fingerprint density at radius 2 is 2.39 bits per heavy atom. The standard InChI is InChI=1S/C13H16ClFN2O/c1-16-7-9-4-5-17(8-9)13(18)11-3-2-10(15)6-12(11)14/h2-3,6,9,16H,4-5,7-8H2,1H3. The first kappa shape index (κ1) is 13.3. The molecule has 1 N–H and O–H groups in total. The number of carbonyl (C=O) groups is 1. The van der Waals surface area contributed by atoms with Crippen molar-refractivity contribution in [3.63, 3.8) is 0 Å². The smallest absolute Gasteiger partial charge is 0.255 e. The van der Waals surface area contributed by atoms with Gasteiger partial charge in [-0.15, -0.1) is 0 Å². The average molecular weight is 271 g/mol. The van der Waals surface area contributed by atoms with Gasteiger partial charge >= 0.3 is 0 Å². The second kappa shape index (κ2) is 5.67. The first-order valence-electron chi connectivity index (χ1n) is 6.00. The number of carbonyl (C=O) groups excluding carboxylic acids is 1. The van der Waals surface area contributed by atoms with E-state index in [-0.39, 0.29) is 10.9 Å². The molecule has 0 bridgehead atoms. The summed E-state index contributed by atoms with van der Waals surface area (Å²) in [4.78, 5) is 14.0. The molecule has 1 unspecified atom stereocenters. The molecular formula is C13H16ClFN2O. The highest BCUT2D eigenvalue weighted by Gasteiger charge is 2.27. The van der Waals surface area contributed by atoms with Crippen molar-refractivity contribution in [2.75, 3.05) is 26.7 Å². The molecule has 2 rings (SSSR count). The minimum atomic E-state index is -0.425. The van der Waals surface area contributed by atoms with Crippen LogP contribution < -0.4 is 5.32 Å². The highest BCUT2D eigenvalue weighted by molar-refractivity contribution is 6.33. The van der Waals surface area contributed by atoms with E-state index in [1.807, 2.05) is 7.05 Å². The van der Waals surface area contributed by atoms with Crippen molar-refractivity contribution in [2.45, 2.75) is 6.42 Å². The van der Waals surface area contributed by atoms with Crippen LogP contribution in [-0.4, -0.2) is 37.5 Å². The molecule has 1 fully saturated rings. The summed E-state index contributed by atoms with van der Waals surface area (Å²) < 4.78 is 12.9. The molecule has 3 nitrogen and oxygen atoms in total. The molecule has 1 aliphatic rings. The predicted molar refractivity (Wildman–Crippen MR) is 69.3 cm³/mol. The largest absolute Gasteiger partial charge is 0.338 e. The van der Waals surface area contributed by atoms with Crippen LogP contribution in [0.3, 0.4) is 0 Å². The lowest BCUT2D eigenvalue weighted by Crippen LogP contribution is -2.30. The Bertz CT molecular complexity index is 453. The van der Waals surface area contributed by atoms with Crippen molar-refractivity contribution in [3.05, 3.63) is 34.6 Å². The Morgan fingerprint density at radius 1 is 1.61 bits per heavy atom. The van der Waals surface area contributed by atoms with Gasteiger partial charge in [-0.25, -0.2) is 4.39 Å². The van der Waals surface area contributed by atoms with Gasteiger partial charge in [-0.05, 0) is 44.1 Å². The van der Waals surface area contributed by atoms with Crippen molar-refractivity contribution in [2.24, 2.45) is 5.92 Å². The Labute approximate surface area is 111 Å². The van der Waals surface area contributed by atoms with E-state index >= 15 is 0 Å². The monoisotopic (exact) mass is 270 g/mol. The lowest BCUT2D eigenvalue weighted by molar-refractivity contribution is 0.0787. The average Bonchev–Trinajstić information content (AvgIpc) is 2.77. The van der Waals surface area contributed by atoms with Gasteiger partial charge in [0.1, 0.15) is 5.82 Å². The van der Waals surface area contributed by atoms with Gasteiger partial charge in [-0.3, -0.25) is 4.79 Å². The van der Waals surface area contributed by atoms with Crippen LogP contribution in [-0.2, 0) is 0 Å². The Morgan fingerprint density at radius 3 is 3.06 bits per heavy atom. The first-order chi connectivity index (χ1) is 8.61. The third kappa shape index (κ3) is 2.82. The zero-order chi connectivity index (χ0) is 13.1. The molecule has 1 aliphatic heterocycles. The van der Waals surface area contributed by atoms with Crippen molar-refractivity contribution in [3.8, 4) is 0 Å². The van der Waals surface area contributed by atoms with Crippen LogP contribution in [0, 0.1) is 11.7 Å². The molecule has 5 heteroatoms. The van der Waals surface area contributed by atoms with Crippen molar-refractivity contribution in [1.29, 1.82) is 0 Å². The number of likely N-dealkylation sites (tertiary alicyclic amines) is 1. The van der Waals surface area contributed by atoms with Crippen LogP contribution in [0.2, 0.25) is 5.02 Å². The van der Waals surface area contributed by atoms with Crippen molar-refractivity contribution < 1.29 is 9.18 Å². The lowest BCUT2D eigenvalue weighted by Gasteiger charge is -2.17. The molecular weight excluding hydrogens is 255 g/mol. The number of amides is 1. The van der Waals surface area contributed by atoms with Gasteiger partial charge in [0, 0.05) is 13.1 Å². The number of halogens is 2. The lowest BCUT2D eigenvalue weighted by atomic mass is 10.1. The van der Waals surface area contributed by atoms with E-state index < -0.39 is 5.82 Å². The molecule has 1 heterocycles. The minimum Gasteiger partial charge on any atom is -0.338 e. The molecule has 1 saturated heterocycles. The molecule has 1 amide bonds. The van der Waals surface area contributed by atoms with E-state index in [1.165, 1.54) is 18.2 Å². The number of nitrogens with zero attached hydrogens (tertiary/aromatic N) is 1. The van der Waals surface area contributed by atoms with Gasteiger partial charge in [0.05, 0.1) is 10.6 Å². The van der Waals surface area contributed by atoms with Crippen molar-refractivity contribution >= 4 is 17.5 Å². The zero-order valence-corrected chi connectivity index (χ0v) is 11.0. The van der Waals surface area contributed by atoms with Crippen LogP contribution >= 0.6 is 11.6 Å². The van der Waals surface area contributed by atoms with E-state index in [4.69, 9.17) is 11.6 Å². The normalized spacial score (nSPS) is 19.3. The number of hydrogen-bond acceptors (Lipinski definition) is 2. The molecule has 0 saturated carbocycles. The molecule has 1 aromatic carbocycles. The maximum absolute atomic E-state index is 12.9. The highest BCUT2D eigenvalue weighted by Crippen LogP contribution is 2.23. The summed E-state index contributed by atoms with van der Waals surface area (Å²) in [5.41, 5.74) is 0.378. The molecule has 18 heavy (non-hydrogen) atoms. The van der Waals surface area contributed by atoms with Gasteiger partial charge in [0.2, 0.25) is 0 Å². The Balaban J connectivity index is 2.08. The number of benzene rings is 1. The molecule has 98 valence electrons. The number of rotatable bonds is 3. The summed E-state index contributed by atoms with van der Waals surface area (Å²) in [5, 5.41) is 3.29. The Kier molecular flexibility index (Phi) is 4.19. The van der Waals surface area contributed by atoms with E-state index in [2.05, 4.69) is 5.32 Å². The maximum Gasteiger partial charge on any atom is 0.255 e. The topological polar surface area (TPSA) is 32.3 Å². The predicted octanol–water partition coefficient (Wildman–Crippen LogP) is 2.16. The molecule has 0 aliphatic carbocycles. The van der Waals surface area contributed by atoms with Crippen molar-refractivity contribution in [1.82, 2.24) is 10.2 Å². The SMILES string of the molecule is CNCC1CCN(C(=O)c2ccc(F)cc2Cl)C1. The summed E-state index contributed by atoms with van der Waals surface area (Å²) in [7, 11) is 1.90. The quantitative estimate of drug-likeness (QED) is 0.913. The van der Waals surface area contributed by atoms with Gasteiger partial charge in [0.15, 0.2) is 0 Å². The fourth-order valence-electron chi connectivity index (χ4n) is 2.31. The first-order valence-corrected chi connectivity index (χ1v) is 6.38. The second-order valence-electron chi connectivity index (χ2n) is 4.59. The van der Waals surface area contributed by atoms with Crippen LogP contribution in [0.5, 0.6) is 0 Å². The third-order valence-corrected chi connectivity index (χ3v) is 3.54. The van der Waals surface area contributed by atoms with E-state index in [1.54, 1.807) is 4.90 Å². The summed E-state index contributed by atoms with van der Waals surface area (Å²) >= 11 is 5.90. The summed E-state index contributed by atoms with van der Waals surface area (Å²) in [5.74, 6) is -0.0530. The van der Waals surface area contributed by atoms with Crippen LogP contribution in [0.1, 0.15) is 16.8 Å². The molecule has 1 aromatic rings. The third-order valence-electron chi connectivity index (χ3n) is 3.23. The van der Waals surface area contributed by atoms with Gasteiger partial charge in [-0.2, -0.15) is 0 Å². The number of nitrogens with one attached hydrogen (secondary N) is 1. The van der Waals surface area contributed by atoms with E-state index in [9.17, 15) is 9.18 Å². The fourth-order valence-corrected chi connectivity index (χ4v) is 2.55. The molecule has 0 radical (unpaired) electrons. The maximum atomic E-state index is 12.9. The molecule has 0 spiro atoms. The van der Waals surface area contributed by atoms with Gasteiger partial charge < -0.3 is 10.2 Å². The van der Waals surface area contributed by atoms with Crippen LogP contribution in [0.15, 0.2) is 18.2 Å². The van der Waals surface area contributed by atoms with E-state index in [0.29, 0.717) is 11.5 Å². The molecule has 0 aromatic heterocycles. The minimum absolute atomic E-state index is 0.112. The summed E-state index contributed by atoms with van der Waals surface area (Å²) in [6, 6.07) is 3.89. The van der Waals surface area contributed by atoms with Crippen LogP contribution in [0.4, 0.5) is 4.39 Å². The fraction of sp³-hybridized carbons (Fsp3) is 0.462. The highest BCUT2D eigenvalue weighted by atomic mass is 35.5. The van der Waals surface area contributed by atoms with Crippen LogP contribution in [0.25, 0.3) is 0 Å². The molecule has 1 atom stereocenters. The zero-order valence-electron chi connectivity index (χ0n) is 10.2. The van der Waals surface area contributed by atoms with Gasteiger partial charge in [0.25, 0.3) is 5.91 Å². The Hall–Kier alpha value is -1.13. The number of hydrogen-bond donors (Lipinski definition) is 1. The second-order valence-corrected chi connectivity index (χ2v) is 4.99. The summed E-state index contributed by atoms with van der Waals surface area (Å²) in [6.45, 7) is 2.37. The van der Waals surface area contributed by atoms with Gasteiger partial charge in [-0.1, -0.05) is 11.6 Å². The van der Waals surface area contributed by atoms with E-state index in [0.717, 1.165) is 26.1 Å².